The van der Waals surface area contributed by atoms with Crippen LogP contribution in [0, 0.1) is 0 Å². The first kappa shape index (κ1) is 17.7. The van der Waals surface area contributed by atoms with Gasteiger partial charge in [0, 0.05) is 43.3 Å². The van der Waals surface area contributed by atoms with Crippen LogP contribution in [-0.2, 0) is 4.74 Å². The van der Waals surface area contributed by atoms with E-state index in [1.165, 1.54) is 0 Å². The predicted octanol–water partition coefficient (Wildman–Crippen LogP) is 1.92. The van der Waals surface area contributed by atoms with Gasteiger partial charge in [-0.2, -0.15) is 0 Å². The number of aromatic hydroxyl groups is 1. The fraction of sp³-hybridized carbons (Fsp3) is 0.286. The molecular formula is C21H22N6O2. The maximum Gasteiger partial charge on any atom is 0.169 e. The van der Waals surface area contributed by atoms with Crippen molar-refractivity contribution in [2.45, 2.75) is 5.54 Å². The fourth-order valence-corrected chi connectivity index (χ4v) is 4.16. The van der Waals surface area contributed by atoms with Crippen LogP contribution in [0.4, 0.5) is 17.2 Å². The van der Waals surface area contributed by atoms with Crippen molar-refractivity contribution in [3.05, 3.63) is 54.9 Å². The molecule has 0 bridgehead atoms. The van der Waals surface area contributed by atoms with Crippen molar-refractivity contribution in [3.63, 3.8) is 0 Å². The normalized spacial score (nSPS) is 17.9. The lowest BCUT2D eigenvalue weighted by molar-refractivity contribution is -0.0574. The smallest absolute Gasteiger partial charge is 0.169 e. The highest BCUT2D eigenvalue weighted by molar-refractivity contribution is 5.74. The van der Waals surface area contributed by atoms with Crippen LogP contribution in [0.25, 0.3) is 11.3 Å². The van der Waals surface area contributed by atoms with Crippen LogP contribution in [0.1, 0.15) is 0 Å². The van der Waals surface area contributed by atoms with Crippen LogP contribution in [0.2, 0.25) is 0 Å². The van der Waals surface area contributed by atoms with Crippen molar-refractivity contribution in [1.29, 1.82) is 0 Å². The van der Waals surface area contributed by atoms with Gasteiger partial charge < -0.3 is 25.4 Å². The number of ether oxygens (including phenoxy) is 1. The number of aromatic nitrogens is 3. The summed E-state index contributed by atoms with van der Waals surface area (Å²) in [7, 11) is 0. The van der Waals surface area contributed by atoms with Gasteiger partial charge in [-0.05, 0) is 30.3 Å². The number of hydrogen-bond donors (Lipinski definition) is 2. The third-order valence-electron chi connectivity index (χ3n) is 5.69. The Labute approximate surface area is 168 Å². The SMILES string of the molecule is Nc1nnc(-c2ccccc2O)cc1N1CCN(c2ccncc2)C2(COC2)C1. The fourth-order valence-electron chi connectivity index (χ4n) is 4.16. The molecule has 148 valence electrons. The molecule has 29 heavy (non-hydrogen) atoms. The van der Waals surface area contributed by atoms with E-state index in [0.717, 1.165) is 31.0 Å². The Bertz CT molecular complexity index is 1020. The molecule has 0 amide bonds. The molecule has 2 saturated heterocycles. The molecule has 0 unspecified atom stereocenters. The van der Waals surface area contributed by atoms with Crippen molar-refractivity contribution in [2.24, 2.45) is 0 Å². The number of anilines is 3. The van der Waals surface area contributed by atoms with Gasteiger partial charge in [-0.1, -0.05) is 12.1 Å². The maximum atomic E-state index is 10.2. The van der Waals surface area contributed by atoms with Gasteiger partial charge in [0.15, 0.2) is 5.82 Å². The maximum absolute atomic E-state index is 10.2. The summed E-state index contributed by atoms with van der Waals surface area (Å²) in [5, 5.41) is 18.5. The van der Waals surface area contributed by atoms with E-state index in [2.05, 4.69) is 25.0 Å². The molecular weight excluding hydrogens is 368 g/mol. The highest BCUT2D eigenvalue weighted by atomic mass is 16.5. The molecule has 1 spiro atoms. The molecule has 4 heterocycles. The Morgan fingerprint density at radius 1 is 1.03 bits per heavy atom. The molecule has 2 aliphatic heterocycles. The summed E-state index contributed by atoms with van der Waals surface area (Å²) in [4.78, 5) is 8.78. The lowest BCUT2D eigenvalue weighted by Crippen LogP contribution is -2.72. The molecule has 0 aliphatic carbocycles. The molecule has 2 aliphatic rings. The first-order valence-electron chi connectivity index (χ1n) is 9.58. The quantitative estimate of drug-likeness (QED) is 0.700. The van der Waals surface area contributed by atoms with Gasteiger partial charge in [0.1, 0.15) is 11.3 Å². The molecule has 3 aromatic rings. The van der Waals surface area contributed by atoms with Gasteiger partial charge >= 0.3 is 0 Å². The molecule has 1 aromatic carbocycles. The van der Waals surface area contributed by atoms with E-state index in [0.29, 0.717) is 30.3 Å². The van der Waals surface area contributed by atoms with E-state index in [9.17, 15) is 5.11 Å². The van der Waals surface area contributed by atoms with Crippen molar-refractivity contribution in [2.75, 3.05) is 48.4 Å². The first-order chi connectivity index (χ1) is 14.2. The van der Waals surface area contributed by atoms with E-state index in [4.69, 9.17) is 10.5 Å². The summed E-state index contributed by atoms with van der Waals surface area (Å²) >= 11 is 0. The minimum atomic E-state index is -0.107. The highest BCUT2D eigenvalue weighted by Crippen LogP contribution is 2.37. The highest BCUT2D eigenvalue weighted by Gasteiger charge is 2.48. The van der Waals surface area contributed by atoms with Gasteiger partial charge in [-0.15, -0.1) is 10.2 Å². The Morgan fingerprint density at radius 2 is 1.83 bits per heavy atom. The predicted molar refractivity (Wildman–Crippen MR) is 111 cm³/mol. The van der Waals surface area contributed by atoms with Crippen LogP contribution in [0.5, 0.6) is 5.75 Å². The van der Waals surface area contributed by atoms with Crippen LogP contribution in [0.3, 0.4) is 0 Å². The van der Waals surface area contributed by atoms with Crippen molar-refractivity contribution < 1.29 is 9.84 Å². The number of pyridine rings is 1. The Balaban J connectivity index is 1.47. The number of rotatable bonds is 3. The first-order valence-corrected chi connectivity index (χ1v) is 9.58. The molecule has 3 N–H and O–H groups in total. The number of nitrogens with two attached hydrogens (primary N) is 1. The summed E-state index contributed by atoms with van der Waals surface area (Å²) in [6, 6.07) is 13.1. The zero-order valence-electron chi connectivity index (χ0n) is 15.9. The second-order valence-corrected chi connectivity index (χ2v) is 7.51. The van der Waals surface area contributed by atoms with E-state index >= 15 is 0 Å². The summed E-state index contributed by atoms with van der Waals surface area (Å²) in [6.45, 7) is 3.72. The van der Waals surface area contributed by atoms with Crippen molar-refractivity contribution in [3.8, 4) is 17.0 Å². The number of nitrogen functional groups attached to an aromatic ring is 1. The number of phenolic OH excluding ortho intramolecular Hbond substituents is 1. The number of nitrogens with zero attached hydrogens (tertiary/aromatic N) is 5. The van der Waals surface area contributed by atoms with Gasteiger partial charge in [-0.25, -0.2) is 0 Å². The number of benzene rings is 1. The molecule has 8 heteroatoms. The van der Waals surface area contributed by atoms with Gasteiger partial charge in [0.25, 0.3) is 0 Å². The minimum absolute atomic E-state index is 0.107. The minimum Gasteiger partial charge on any atom is -0.507 e. The monoisotopic (exact) mass is 390 g/mol. The Kier molecular flexibility index (Phi) is 4.21. The molecule has 2 aromatic heterocycles. The molecule has 2 fully saturated rings. The summed E-state index contributed by atoms with van der Waals surface area (Å²) in [6.07, 6.45) is 3.64. The summed E-state index contributed by atoms with van der Waals surface area (Å²) in [5.41, 5.74) is 9.31. The lowest BCUT2D eigenvalue weighted by atomic mass is 9.90. The van der Waals surface area contributed by atoms with E-state index in [1.807, 2.05) is 42.7 Å². The number of piperazine rings is 1. The van der Waals surface area contributed by atoms with Gasteiger partial charge in [0.05, 0.1) is 24.6 Å². The molecule has 5 rings (SSSR count). The molecule has 0 atom stereocenters. The largest absolute Gasteiger partial charge is 0.507 e. The number of hydrogen-bond acceptors (Lipinski definition) is 8. The zero-order valence-corrected chi connectivity index (χ0v) is 15.9. The third kappa shape index (κ3) is 3.01. The molecule has 0 radical (unpaired) electrons. The average Bonchev–Trinajstić information content (AvgIpc) is 2.74. The number of phenols is 1. The average molecular weight is 390 g/mol. The summed E-state index contributed by atoms with van der Waals surface area (Å²) in [5.74, 6) is 0.556. The van der Waals surface area contributed by atoms with Crippen molar-refractivity contribution in [1.82, 2.24) is 15.2 Å². The zero-order chi connectivity index (χ0) is 19.8. The van der Waals surface area contributed by atoms with Crippen LogP contribution in [0.15, 0.2) is 54.9 Å². The van der Waals surface area contributed by atoms with Crippen LogP contribution in [-0.4, -0.2) is 58.7 Å². The van der Waals surface area contributed by atoms with Crippen LogP contribution >= 0.6 is 0 Å². The Morgan fingerprint density at radius 3 is 2.55 bits per heavy atom. The van der Waals surface area contributed by atoms with Crippen LogP contribution < -0.4 is 15.5 Å². The van der Waals surface area contributed by atoms with Gasteiger partial charge in [-0.3, -0.25) is 4.98 Å². The second kappa shape index (κ2) is 6.89. The Hall–Kier alpha value is -3.39. The van der Waals surface area contributed by atoms with E-state index < -0.39 is 0 Å². The topological polar surface area (TPSA) is 101 Å². The molecule has 8 nitrogen and oxygen atoms in total. The van der Waals surface area contributed by atoms with E-state index in [1.54, 1.807) is 12.1 Å². The van der Waals surface area contributed by atoms with E-state index in [-0.39, 0.29) is 11.3 Å². The third-order valence-corrected chi connectivity index (χ3v) is 5.69. The second-order valence-electron chi connectivity index (χ2n) is 7.51. The standard InChI is InChI=1S/C21H22N6O2/c22-20-18(11-17(24-25-20)16-3-1-2-4-19(16)28)26-9-10-27(15-5-7-23-8-6-15)21(12-26)13-29-14-21/h1-8,11,28H,9-10,12-14H2,(H2,22,25). The van der Waals surface area contributed by atoms with Crippen molar-refractivity contribution >= 4 is 17.2 Å². The number of para-hydroxylation sites is 1. The molecule has 0 saturated carbocycles. The summed E-state index contributed by atoms with van der Waals surface area (Å²) < 4.78 is 5.61. The van der Waals surface area contributed by atoms with Gasteiger partial charge in [0.2, 0.25) is 0 Å². The lowest BCUT2D eigenvalue weighted by Gasteiger charge is -2.56.